The number of nitrogens with zero attached hydrogens (tertiary/aromatic N) is 1. The third kappa shape index (κ3) is 4.87. The summed E-state index contributed by atoms with van der Waals surface area (Å²) in [4.78, 5) is 14.3. The van der Waals surface area contributed by atoms with Crippen LogP contribution in [-0.4, -0.2) is 12.5 Å². The van der Waals surface area contributed by atoms with Crippen molar-refractivity contribution in [2.75, 3.05) is 11.4 Å². The van der Waals surface area contributed by atoms with Gasteiger partial charge in [-0.05, 0) is 24.5 Å². The summed E-state index contributed by atoms with van der Waals surface area (Å²) in [6.07, 6.45) is 12.0. The Morgan fingerprint density at radius 2 is 1.67 bits per heavy atom. The highest BCUT2D eigenvalue weighted by molar-refractivity contribution is 5.95. The Morgan fingerprint density at radius 3 is 2.43 bits per heavy atom. The van der Waals surface area contributed by atoms with Crippen LogP contribution in [0.15, 0.2) is 24.3 Å². The summed E-state index contributed by atoms with van der Waals surface area (Å²) in [7, 11) is 0. The number of para-hydroxylation sites is 1. The van der Waals surface area contributed by atoms with Gasteiger partial charge in [0, 0.05) is 18.7 Å². The number of hydrogen-bond donors (Lipinski definition) is 0. The Bertz CT molecular complexity index is 441. The lowest BCUT2D eigenvalue weighted by Crippen LogP contribution is -2.28. The Kier molecular flexibility index (Phi) is 6.78. The van der Waals surface area contributed by atoms with E-state index in [1.807, 2.05) is 11.0 Å². The Balaban J connectivity index is 1.61. The molecular weight excluding hydrogens is 258 g/mol. The van der Waals surface area contributed by atoms with E-state index >= 15 is 0 Å². The van der Waals surface area contributed by atoms with Crippen molar-refractivity contribution in [1.82, 2.24) is 0 Å². The van der Waals surface area contributed by atoms with Gasteiger partial charge in [0.05, 0.1) is 0 Å². The van der Waals surface area contributed by atoms with E-state index in [2.05, 4.69) is 25.1 Å². The monoisotopic (exact) mass is 287 g/mol. The summed E-state index contributed by atoms with van der Waals surface area (Å²) in [5.74, 6) is 0.311. The van der Waals surface area contributed by atoms with Crippen LogP contribution in [0.25, 0.3) is 0 Å². The van der Waals surface area contributed by atoms with Gasteiger partial charge in [-0.25, -0.2) is 0 Å². The van der Waals surface area contributed by atoms with Crippen LogP contribution in [0, 0.1) is 0 Å². The third-order valence-corrected chi connectivity index (χ3v) is 4.43. The molecule has 0 aromatic heterocycles. The van der Waals surface area contributed by atoms with Gasteiger partial charge >= 0.3 is 0 Å². The number of unbranched alkanes of at least 4 members (excludes halogenated alkanes) is 7. The summed E-state index contributed by atoms with van der Waals surface area (Å²) in [6, 6.07) is 8.30. The number of amides is 1. The second-order valence-electron chi connectivity index (χ2n) is 6.15. The minimum absolute atomic E-state index is 0.311. The molecule has 1 heterocycles. The highest BCUT2D eigenvalue weighted by Crippen LogP contribution is 2.28. The van der Waals surface area contributed by atoms with E-state index in [0.29, 0.717) is 12.3 Å². The topological polar surface area (TPSA) is 20.3 Å². The number of benzene rings is 1. The molecule has 21 heavy (non-hydrogen) atoms. The zero-order chi connectivity index (χ0) is 14.9. The maximum Gasteiger partial charge on any atom is 0.226 e. The van der Waals surface area contributed by atoms with Crippen molar-refractivity contribution >= 4 is 11.6 Å². The number of hydrogen-bond acceptors (Lipinski definition) is 1. The Hall–Kier alpha value is -1.31. The van der Waals surface area contributed by atoms with Crippen molar-refractivity contribution < 1.29 is 4.79 Å². The van der Waals surface area contributed by atoms with E-state index in [4.69, 9.17) is 0 Å². The summed E-state index contributed by atoms with van der Waals surface area (Å²) < 4.78 is 0. The van der Waals surface area contributed by atoms with Crippen LogP contribution in [-0.2, 0) is 11.2 Å². The molecule has 1 aliphatic rings. The molecule has 0 unspecified atom stereocenters. The molecule has 0 saturated heterocycles. The average molecular weight is 287 g/mol. The van der Waals surface area contributed by atoms with Crippen LogP contribution in [0.5, 0.6) is 0 Å². The van der Waals surface area contributed by atoms with Crippen LogP contribution in [0.4, 0.5) is 5.69 Å². The summed E-state index contributed by atoms with van der Waals surface area (Å²) in [5, 5.41) is 0. The fraction of sp³-hybridized carbons (Fsp3) is 0.632. The third-order valence-electron chi connectivity index (χ3n) is 4.43. The van der Waals surface area contributed by atoms with Crippen LogP contribution in [0.3, 0.4) is 0 Å². The predicted molar refractivity (Wildman–Crippen MR) is 89.7 cm³/mol. The van der Waals surface area contributed by atoms with Crippen molar-refractivity contribution in [1.29, 1.82) is 0 Å². The fourth-order valence-electron chi connectivity index (χ4n) is 3.14. The van der Waals surface area contributed by atoms with E-state index in [9.17, 15) is 4.79 Å². The molecule has 2 rings (SSSR count). The number of carbonyl (C=O) groups excluding carboxylic acids is 1. The van der Waals surface area contributed by atoms with Gasteiger partial charge in [0.1, 0.15) is 0 Å². The average Bonchev–Trinajstić information content (AvgIpc) is 2.94. The minimum Gasteiger partial charge on any atom is -0.312 e. The molecule has 0 atom stereocenters. The molecular formula is C19H29NO. The molecule has 0 N–H and O–H groups in total. The molecule has 116 valence electrons. The second kappa shape index (κ2) is 8.86. The highest BCUT2D eigenvalue weighted by Gasteiger charge is 2.23. The standard InChI is InChI=1S/C19H29NO/c1-2-3-4-5-6-7-8-9-14-19(21)20-16-15-17-12-10-11-13-18(17)20/h10-13H,2-9,14-16H2,1H3. The summed E-state index contributed by atoms with van der Waals surface area (Å²) >= 11 is 0. The van der Waals surface area contributed by atoms with Gasteiger partial charge < -0.3 is 4.90 Å². The van der Waals surface area contributed by atoms with Gasteiger partial charge in [-0.3, -0.25) is 4.79 Å². The van der Waals surface area contributed by atoms with Gasteiger partial charge in [0.25, 0.3) is 0 Å². The van der Waals surface area contributed by atoms with Crippen LogP contribution in [0.1, 0.15) is 70.3 Å². The van der Waals surface area contributed by atoms with E-state index in [-0.39, 0.29) is 0 Å². The SMILES string of the molecule is CCCCCCCCCCC(=O)N1CCc2ccccc21. The lowest BCUT2D eigenvalue weighted by molar-refractivity contribution is -0.118. The minimum atomic E-state index is 0.311. The van der Waals surface area contributed by atoms with Gasteiger partial charge in [-0.2, -0.15) is 0 Å². The first-order valence-corrected chi connectivity index (χ1v) is 8.71. The highest BCUT2D eigenvalue weighted by atomic mass is 16.2. The molecule has 0 aliphatic carbocycles. The van der Waals surface area contributed by atoms with Crippen molar-refractivity contribution in [2.24, 2.45) is 0 Å². The quantitative estimate of drug-likeness (QED) is 0.578. The maximum absolute atomic E-state index is 12.3. The van der Waals surface area contributed by atoms with Gasteiger partial charge in [0.2, 0.25) is 5.91 Å². The zero-order valence-corrected chi connectivity index (χ0v) is 13.4. The molecule has 0 radical (unpaired) electrons. The van der Waals surface area contributed by atoms with Crippen LogP contribution >= 0.6 is 0 Å². The van der Waals surface area contributed by atoms with Gasteiger partial charge in [0.15, 0.2) is 0 Å². The van der Waals surface area contributed by atoms with Crippen LogP contribution in [0.2, 0.25) is 0 Å². The first kappa shape index (κ1) is 16.1. The molecule has 1 aromatic carbocycles. The zero-order valence-electron chi connectivity index (χ0n) is 13.4. The number of rotatable bonds is 9. The molecule has 0 fully saturated rings. The molecule has 1 aliphatic heterocycles. The first-order valence-electron chi connectivity index (χ1n) is 8.71. The number of fused-ring (bicyclic) bond motifs is 1. The van der Waals surface area contributed by atoms with Crippen molar-refractivity contribution in [3.63, 3.8) is 0 Å². The normalized spacial score (nSPS) is 13.5. The van der Waals surface area contributed by atoms with Gasteiger partial charge in [-0.15, -0.1) is 0 Å². The van der Waals surface area contributed by atoms with Crippen molar-refractivity contribution in [2.45, 2.75) is 71.1 Å². The molecule has 0 bridgehead atoms. The number of anilines is 1. The predicted octanol–water partition coefficient (Wildman–Crippen LogP) is 5.11. The molecule has 1 aromatic rings. The summed E-state index contributed by atoms with van der Waals surface area (Å²) in [5.41, 5.74) is 2.46. The van der Waals surface area contributed by atoms with Gasteiger partial charge in [-0.1, -0.05) is 70.1 Å². The summed E-state index contributed by atoms with van der Waals surface area (Å²) in [6.45, 7) is 3.12. The van der Waals surface area contributed by atoms with Crippen LogP contribution < -0.4 is 4.90 Å². The van der Waals surface area contributed by atoms with E-state index in [0.717, 1.165) is 25.1 Å². The van der Waals surface area contributed by atoms with Crippen molar-refractivity contribution in [3.05, 3.63) is 29.8 Å². The Morgan fingerprint density at radius 1 is 1.00 bits per heavy atom. The Labute approximate surface area is 129 Å². The molecule has 2 nitrogen and oxygen atoms in total. The smallest absolute Gasteiger partial charge is 0.226 e. The maximum atomic E-state index is 12.3. The molecule has 0 saturated carbocycles. The fourth-order valence-corrected chi connectivity index (χ4v) is 3.14. The lowest BCUT2D eigenvalue weighted by atomic mass is 10.1. The molecule has 0 spiro atoms. The van der Waals surface area contributed by atoms with Crippen molar-refractivity contribution in [3.8, 4) is 0 Å². The number of carbonyl (C=O) groups is 1. The van der Waals surface area contributed by atoms with E-state index in [1.165, 1.54) is 50.5 Å². The second-order valence-corrected chi connectivity index (χ2v) is 6.15. The van der Waals surface area contributed by atoms with E-state index < -0.39 is 0 Å². The first-order chi connectivity index (χ1) is 10.3. The molecule has 2 heteroatoms. The largest absolute Gasteiger partial charge is 0.312 e. The molecule has 1 amide bonds. The van der Waals surface area contributed by atoms with E-state index in [1.54, 1.807) is 0 Å². The lowest BCUT2D eigenvalue weighted by Gasteiger charge is -2.17.